The molecule has 0 aliphatic carbocycles. The summed E-state index contributed by atoms with van der Waals surface area (Å²) in [6, 6.07) is 11.3. The quantitative estimate of drug-likeness (QED) is 0.338. The topological polar surface area (TPSA) is 136 Å². The Morgan fingerprint density at radius 1 is 0.614 bits per heavy atom. The number of hydrogen-bond donors (Lipinski definition) is 2. The second-order valence-corrected chi connectivity index (χ2v) is 12.2. The average molecular weight is 658 g/mol. The summed E-state index contributed by atoms with van der Waals surface area (Å²) in [6.07, 6.45) is -1.38. The van der Waals surface area contributed by atoms with Gasteiger partial charge in [-0.15, -0.1) is 0 Å². The summed E-state index contributed by atoms with van der Waals surface area (Å²) >= 11 is 11.7. The van der Waals surface area contributed by atoms with E-state index < -0.39 is 47.3 Å². The molecule has 244 valence electrons. The molecule has 2 aromatic rings. The van der Waals surface area contributed by atoms with Gasteiger partial charge in [-0.3, -0.25) is 19.3 Å². The molecule has 0 aliphatic rings. The van der Waals surface area contributed by atoms with Gasteiger partial charge in [0.05, 0.1) is 14.2 Å². The van der Waals surface area contributed by atoms with Gasteiger partial charge >= 0.3 is 12.2 Å². The zero-order valence-electron chi connectivity index (χ0n) is 26.7. The number of carbonyl (C=O) groups excluding carboxylic acids is 4. The van der Waals surface area contributed by atoms with Crippen molar-refractivity contribution in [3.8, 4) is 0 Å². The fourth-order valence-corrected chi connectivity index (χ4v) is 3.53. The summed E-state index contributed by atoms with van der Waals surface area (Å²) in [6.45, 7) is 10.5. The summed E-state index contributed by atoms with van der Waals surface area (Å²) in [5.74, 6) is -0.869. The van der Waals surface area contributed by atoms with Crippen LogP contribution >= 0.6 is 23.2 Å². The number of benzene rings is 2. The zero-order chi connectivity index (χ0) is 33.8. The number of amides is 4. The lowest BCUT2D eigenvalue weighted by atomic mass is 10.1. The van der Waals surface area contributed by atoms with E-state index in [4.69, 9.17) is 42.4 Å². The van der Waals surface area contributed by atoms with Crippen molar-refractivity contribution in [2.75, 3.05) is 28.3 Å². The van der Waals surface area contributed by atoms with Crippen LogP contribution in [0.2, 0.25) is 10.0 Å². The molecule has 0 aliphatic heterocycles. The Morgan fingerprint density at radius 3 is 1.11 bits per heavy atom. The molecule has 14 heteroatoms. The van der Waals surface area contributed by atoms with Crippen molar-refractivity contribution >= 4 is 47.2 Å². The van der Waals surface area contributed by atoms with Crippen LogP contribution in [-0.2, 0) is 28.7 Å². The molecule has 2 rings (SSSR count). The van der Waals surface area contributed by atoms with E-state index in [0.717, 1.165) is 10.1 Å². The van der Waals surface area contributed by atoms with E-state index in [0.29, 0.717) is 21.2 Å². The predicted molar refractivity (Wildman–Crippen MR) is 167 cm³/mol. The minimum Gasteiger partial charge on any atom is -0.444 e. The van der Waals surface area contributed by atoms with Crippen LogP contribution in [0.1, 0.15) is 64.8 Å². The molecule has 0 bridgehead atoms. The molecule has 4 amide bonds. The number of nitrogens with one attached hydrogen (secondary N) is 2. The molecule has 0 aromatic heterocycles. The van der Waals surface area contributed by atoms with Gasteiger partial charge in [0.15, 0.2) is 0 Å². The van der Waals surface area contributed by atoms with Gasteiger partial charge in [-0.2, -0.15) is 0 Å². The highest BCUT2D eigenvalue weighted by molar-refractivity contribution is 6.30. The largest absolute Gasteiger partial charge is 0.444 e. The summed E-state index contributed by atoms with van der Waals surface area (Å²) in [7, 11) is 5.65. The van der Waals surface area contributed by atoms with Gasteiger partial charge in [0.2, 0.25) is 0 Å². The summed E-state index contributed by atoms with van der Waals surface area (Å²) < 4.78 is 10.4. The summed E-state index contributed by atoms with van der Waals surface area (Å²) in [4.78, 5) is 58.4. The van der Waals surface area contributed by atoms with Crippen molar-refractivity contribution in [1.82, 2.24) is 20.8 Å². The monoisotopic (exact) mass is 656 g/mol. The number of nitrogens with zero attached hydrogens (tertiary/aromatic N) is 2. The Morgan fingerprint density at radius 2 is 0.886 bits per heavy atom. The Labute approximate surface area is 268 Å². The van der Waals surface area contributed by atoms with E-state index in [2.05, 4.69) is 10.6 Å². The average Bonchev–Trinajstić information content (AvgIpc) is 2.92. The van der Waals surface area contributed by atoms with Crippen LogP contribution in [-0.4, -0.2) is 73.6 Å². The predicted octanol–water partition coefficient (Wildman–Crippen LogP) is 5.85. The Bertz CT molecular complexity index is 1150. The highest BCUT2D eigenvalue weighted by Crippen LogP contribution is 2.21. The Balaban J connectivity index is 0.000000440. The van der Waals surface area contributed by atoms with Gasteiger partial charge in [-0.1, -0.05) is 47.5 Å². The maximum Gasteiger partial charge on any atom is 0.408 e. The maximum atomic E-state index is 12.4. The normalized spacial score (nSPS) is 12.5. The number of halogens is 2. The first-order valence-electron chi connectivity index (χ1n) is 13.4. The fraction of sp³-hybridized carbons (Fsp3) is 0.467. The maximum absolute atomic E-state index is 12.4. The molecule has 2 N–H and O–H groups in total. The molecule has 2 aromatic carbocycles. The van der Waals surface area contributed by atoms with Crippen molar-refractivity contribution in [2.45, 2.75) is 64.8 Å². The molecule has 0 spiro atoms. The SMILES string of the molecule is CON(C)C(=O)[C@@H](NC(=O)OC(C)(C)C)c1ccc(Cl)cc1.CON(C)C(=O)[C@H](NC(=O)OC(C)(C)C)c1ccc(Cl)cc1. The molecule has 0 unspecified atom stereocenters. The van der Waals surface area contributed by atoms with E-state index in [1.54, 1.807) is 90.1 Å². The molecule has 0 heterocycles. The summed E-state index contributed by atoms with van der Waals surface area (Å²) in [5, 5.41) is 8.24. The number of ether oxygens (including phenoxy) is 2. The van der Waals surface area contributed by atoms with Crippen molar-refractivity contribution in [2.24, 2.45) is 0 Å². The van der Waals surface area contributed by atoms with Crippen LogP contribution in [0, 0.1) is 0 Å². The lowest BCUT2D eigenvalue weighted by Gasteiger charge is -2.25. The first-order valence-corrected chi connectivity index (χ1v) is 14.2. The van der Waals surface area contributed by atoms with Crippen LogP contribution in [0.15, 0.2) is 48.5 Å². The van der Waals surface area contributed by atoms with Crippen LogP contribution in [0.5, 0.6) is 0 Å². The molecule has 2 atom stereocenters. The van der Waals surface area contributed by atoms with Crippen LogP contribution in [0.3, 0.4) is 0 Å². The van der Waals surface area contributed by atoms with Gasteiger partial charge in [-0.25, -0.2) is 19.7 Å². The van der Waals surface area contributed by atoms with Crippen LogP contribution in [0.25, 0.3) is 0 Å². The number of hydrogen-bond acceptors (Lipinski definition) is 8. The second kappa shape index (κ2) is 17.0. The molecule has 0 radical (unpaired) electrons. The molecule has 0 saturated heterocycles. The smallest absolute Gasteiger partial charge is 0.408 e. The minimum atomic E-state index is -0.933. The third-order valence-corrected chi connectivity index (χ3v) is 5.90. The van der Waals surface area contributed by atoms with Gasteiger partial charge in [-0.05, 0) is 76.9 Å². The van der Waals surface area contributed by atoms with E-state index in [1.807, 2.05) is 0 Å². The second-order valence-electron chi connectivity index (χ2n) is 11.3. The molecular formula is C30H42Cl2N4O8. The van der Waals surface area contributed by atoms with Crippen molar-refractivity contribution in [1.29, 1.82) is 0 Å². The third-order valence-electron chi connectivity index (χ3n) is 5.39. The number of rotatable bonds is 8. The van der Waals surface area contributed by atoms with Gasteiger partial charge in [0, 0.05) is 24.1 Å². The van der Waals surface area contributed by atoms with E-state index in [-0.39, 0.29) is 0 Å². The first-order chi connectivity index (χ1) is 20.3. The minimum absolute atomic E-state index is 0.435. The van der Waals surface area contributed by atoms with E-state index in [9.17, 15) is 19.2 Å². The number of likely N-dealkylation sites (N-methyl/N-ethyl adjacent to an activating group) is 2. The van der Waals surface area contributed by atoms with Gasteiger partial charge in [0.1, 0.15) is 23.3 Å². The van der Waals surface area contributed by atoms with Crippen molar-refractivity contribution in [3.05, 3.63) is 69.7 Å². The molecule has 44 heavy (non-hydrogen) atoms. The Kier molecular flexibility index (Phi) is 14.9. The van der Waals surface area contributed by atoms with E-state index >= 15 is 0 Å². The Hall–Kier alpha value is -3.58. The van der Waals surface area contributed by atoms with E-state index in [1.165, 1.54) is 28.3 Å². The number of hydroxylamine groups is 4. The molecule has 12 nitrogen and oxygen atoms in total. The number of carbonyl (C=O) groups is 4. The highest BCUT2D eigenvalue weighted by Gasteiger charge is 2.29. The van der Waals surface area contributed by atoms with Crippen molar-refractivity contribution < 1.29 is 38.3 Å². The summed E-state index contributed by atoms with van der Waals surface area (Å²) in [5.41, 5.74) is -0.177. The fourth-order valence-electron chi connectivity index (χ4n) is 3.28. The zero-order valence-corrected chi connectivity index (χ0v) is 28.2. The molecule has 0 fully saturated rings. The van der Waals surface area contributed by atoms with Gasteiger partial charge in [0.25, 0.3) is 11.8 Å². The number of alkyl carbamates (subject to hydrolysis) is 2. The molecular weight excluding hydrogens is 615 g/mol. The highest BCUT2D eigenvalue weighted by atomic mass is 35.5. The third kappa shape index (κ3) is 13.8. The van der Waals surface area contributed by atoms with Crippen molar-refractivity contribution in [3.63, 3.8) is 0 Å². The molecule has 0 saturated carbocycles. The van der Waals surface area contributed by atoms with Gasteiger partial charge < -0.3 is 20.1 Å². The lowest BCUT2D eigenvalue weighted by Crippen LogP contribution is -2.42. The van der Waals surface area contributed by atoms with Crippen LogP contribution < -0.4 is 10.6 Å². The standard InChI is InChI=1S/2C15H21ClN2O4/c2*1-15(2,3)22-14(20)17-12(13(19)18(4)21-5)10-6-8-11(16)9-7-10/h2*6-9,12H,1-5H3,(H,17,20)/t2*12-/m10/s1. The van der Waals surface area contributed by atoms with Crippen LogP contribution in [0.4, 0.5) is 9.59 Å². The lowest BCUT2D eigenvalue weighted by molar-refractivity contribution is -0.171. The first kappa shape index (κ1) is 38.4.